The first-order valence-corrected chi connectivity index (χ1v) is 6.11. The molecule has 0 bridgehead atoms. The van der Waals surface area contributed by atoms with Crippen LogP contribution in [0.3, 0.4) is 0 Å². The molecule has 1 aliphatic heterocycles. The normalized spacial score (nSPS) is 20.8. The molecule has 1 heterocycles. The van der Waals surface area contributed by atoms with E-state index in [4.69, 9.17) is 0 Å². The van der Waals surface area contributed by atoms with Crippen molar-refractivity contribution in [2.75, 3.05) is 39.8 Å². The van der Waals surface area contributed by atoms with Crippen molar-refractivity contribution >= 4 is 0 Å². The summed E-state index contributed by atoms with van der Waals surface area (Å²) < 4.78 is 0. The minimum Gasteiger partial charge on any atom is -0.390 e. The van der Waals surface area contributed by atoms with Gasteiger partial charge in [-0.1, -0.05) is 0 Å². The molecule has 90 valence electrons. The third kappa shape index (κ3) is 6.13. The largest absolute Gasteiger partial charge is 0.390 e. The Morgan fingerprint density at radius 3 is 2.20 bits per heavy atom. The quantitative estimate of drug-likeness (QED) is 0.696. The van der Waals surface area contributed by atoms with Gasteiger partial charge < -0.3 is 14.9 Å². The standard InChI is InChI=1S/C12H26N2O/c1-12(2,15)6-4-5-7-14-10-8-13(3)9-11-14/h15H,4-11H2,1-3H3. The second kappa shape index (κ2) is 5.83. The lowest BCUT2D eigenvalue weighted by Gasteiger charge is -2.32. The average Bonchev–Trinajstić information content (AvgIpc) is 2.14. The van der Waals surface area contributed by atoms with Crippen LogP contribution < -0.4 is 0 Å². The van der Waals surface area contributed by atoms with Crippen LogP contribution in [-0.2, 0) is 0 Å². The topological polar surface area (TPSA) is 26.7 Å². The van der Waals surface area contributed by atoms with Crippen LogP contribution in [0.2, 0.25) is 0 Å². The molecule has 0 radical (unpaired) electrons. The van der Waals surface area contributed by atoms with Gasteiger partial charge in [-0.15, -0.1) is 0 Å². The summed E-state index contributed by atoms with van der Waals surface area (Å²) in [6.45, 7) is 9.80. The van der Waals surface area contributed by atoms with Crippen molar-refractivity contribution in [2.24, 2.45) is 0 Å². The number of nitrogens with zero attached hydrogens (tertiary/aromatic N) is 2. The van der Waals surface area contributed by atoms with E-state index in [1.54, 1.807) is 0 Å². The summed E-state index contributed by atoms with van der Waals surface area (Å²) in [5.74, 6) is 0. The molecule has 0 aliphatic carbocycles. The molecule has 1 saturated heterocycles. The molecule has 0 spiro atoms. The fourth-order valence-electron chi connectivity index (χ4n) is 1.96. The zero-order valence-electron chi connectivity index (χ0n) is 10.5. The maximum absolute atomic E-state index is 9.57. The highest BCUT2D eigenvalue weighted by Crippen LogP contribution is 2.12. The second-order valence-electron chi connectivity index (χ2n) is 5.41. The van der Waals surface area contributed by atoms with Crippen LogP contribution >= 0.6 is 0 Å². The molecule has 0 aromatic heterocycles. The van der Waals surface area contributed by atoms with Gasteiger partial charge in [0.25, 0.3) is 0 Å². The first-order valence-electron chi connectivity index (χ1n) is 6.11. The molecule has 1 fully saturated rings. The predicted octanol–water partition coefficient (Wildman–Crippen LogP) is 1.17. The van der Waals surface area contributed by atoms with E-state index in [0.717, 1.165) is 12.8 Å². The summed E-state index contributed by atoms with van der Waals surface area (Å²) in [5.41, 5.74) is -0.484. The van der Waals surface area contributed by atoms with E-state index >= 15 is 0 Å². The third-order valence-electron chi connectivity index (χ3n) is 3.11. The molecule has 0 saturated carbocycles. The van der Waals surface area contributed by atoms with E-state index in [0.29, 0.717) is 0 Å². The summed E-state index contributed by atoms with van der Waals surface area (Å²) in [6.07, 6.45) is 3.27. The lowest BCUT2D eigenvalue weighted by Crippen LogP contribution is -2.44. The molecule has 0 unspecified atom stereocenters. The van der Waals surface area contributed by atoms with Crippen LogP contribution in [0, 0.1) is 0 Å². The zero-order chi connectivity index (χ0) is 11.3. The molecule has 0 atom stereocenters. The number of aliphatic hydroxyl groups is 1. The van der Waals surface area contributed by atoms with Crippen molar-refractivity contribution in [1.29, 1.82) is 0 Å². The lowest BCUT2D eigenvalue weighted by molar-refractivity contribution is 0.0662. The van der Waals surface area contributed by atoms with Crippen LogP contribution in [0.4, 0.5) is 0 Å². The van der Waals surface area contributed by atoms with E-state index in [2.05, 4.69) is 16.8 Å². The van der Waals surface area contributed by atoms with Crippen LogP contribution in [0.1, 0.15) is 33.1 Å². The van der Waals surface area contributed by atoms with Gasteiger partial charge >= 0.3 is 0 Å². The maximum Gasteiger partial charge on any atom is 0.0591 e. The minimum absolute atomic E-state index is 0.484. The Morgan fingerprint density at radius 1 is 1.07 bits per heavy atom. The highest BCUT2D eigenvalue weighted by atomic mass is 16.3. The number of unbranched alkanes of at least 4 members (excludes halogenated alkanes) is 1. The molecular weight excluding hydrogens is 188 g/mol. The van der Waals surface area contributed by atoms with Gasteiger partial charge in [0.1, 0.15) is 0 Å². The van der Waals surface area contributed by atoms with Gasteiger partial charge in [0.15, 0.2) is 0 Å². The molecule has 1 aliphatic rings. The Kier molecular flexibility index (Phi) is 5.03. The van der Waals surface area contributed by atoms with Gasteiger partial charge in [-0.05, 0) is 46.7 Å². The van der Waals surface area contributed by atoms with E-state index in [1.807, 2.05) is 13.8 Å². The lowest BCUT2D eigenvalue weighted by atomic mass is 10.0. The van der Waals surface area contributed by atoms with E-state index in [9.17, 15) is 5.11 Å². The smallest absolute Gasteiger partial charge is 0.0591 e. The van der Waals surface area contributed by atoms with Crippen LogP contribution in [0.15, 0.2) is 0 Å². The first-order chi connectivity index (χ1) is 6.97. The summed E-state index contributed by atoms with van der Waals surface area (Å²) in [4.78, 5) is 4.91. The highest BCUT2D eigenvalue weighted by molar-refractivity contribution is 4.70. The molecule has 1 N–H and O–H groups in total. The summed E-state index contributed by atoms with van der Waals surface area (Å²) in [6, 6.07) is 0. The molecule has 0 aromatic carbocycles. The number of hydrogen-bond donors (Lipinski definition) is 1. The Morgan fingerprint density at radius 2 is 1.67 bits per heavy atom. The number of rotatable bonds is 5. The molecule has 1 rings (SSSR count). The highest BCUT2D eigenvalue weighted by Gasteiger charge is 2.14. The molecule has 15 heavy (non-hydrogen) atoms. The van der Waals surface area contributed by atoms with Crippen molar-refractivity contribution in [3.8, 4) is 0 Å². The fourth-order valence-corrected chi connectivity index (χ4v) is 1.96. The molecule has 0 amide bonds. The van der Waals surface area contributed by atoms with E-state index < -0.39 is 5.60 Å². The average molecular weight is 214 g/mol. The minimum atomic E-state index is -0.484. The number of hydrogen-bond acceptors (Lipinski definition) is 3. The number of likely N-dealkylation sites (N-methyl/N-ethyl adjacent to an activating group) is 1. The number of piperazine rings is 1. The zero-order valence-corrected chi connectivity index (χ0v) is 10.5. The third-order valence-corrected chi connectivity index (χ3v) is 3.11. The Hall–Kier alpha value is -0.120. The van der Waals surface area contributed by atoms with Crippen LogP contribution in [0.25, 0.3) is 0 Å². The van der Waals surface area contributed by atoms with Gasteiger partial charge in [-0.2, -0.15) is 0 Å². The van der Waals surface area contributed by atoms with Crippen molar-refractivity contribution in [1.82, 2.24) is 9.80 Å². The Labute approximate surface area is 94.1 Å². The summed E-state index contributed by atoms with van der Waals surface area (Å²) in [7, 11) is 2.19. The Balaban J connectivity index is 2.01. The van der Waals surface area contributed by atoms with Gasteiger partial charge in [-0.25, -0.2) is 0 Å². The van der Waals surface area contributed by atoms with Gasteiger partial charge in [-0.3, -0.25) is 0 Å². The van der Waals surface area contributed by atoms with Crippen molar-refractivity contribution in [3.63, 3.8) is 0 Å². The summed E-state index contributed by atoms with van der Waals surface area (Å²) >= 11 is 0. The molecular formula is C12H26N2O. The van der Waals surface area contributed by atoms with E-state index in [-0.39, 0.29) is 0 Å². The van der Waals surface area contributed by atoms with E-state index in [1.165, 1.54) is 39.1 Å². The van der Waals surface area contributed by atoms with Gasteiger partial charge in [0.05, 0.1) is 5.60 Å². The monoisotopic (exact) mass is 214 g/mol. The Bertz CT molecular complexity index is 169. The van der Waals surface area contributed by atoms with Crippen molar-refractivity contribution in [2.45, 2.75) is 38.7 Å². The SMILES string of the molecule is CN1CCN(CCCCC(C)(C)O)CC1. The fraction of sp³-hybridized carbons (Fsp3) is 1.00. The second-order valence-corrected chi connectivity index (χ2v) is 5.41. The summed E-state index contributed by atoms with van der Waals surface area (Å²) in [5, 5.41) is 9.57. The van der Waals surface area contributed by atoms with Crippen LogP contribution in [0.5, 0.6) is 0 Å². The first kappa shape index (κ1) is 12.9. The molecule has 3 nitrogen and oxygen atoms in total. The molecule has 3 heteroatoms. The molecule has 0 aromatic rings. The maximum atomic E-state index is 9.57. The predicted molar refractivity (Wildman–Crippen MR) is 64.1 cm³/mol. The van der Waals surface area contributed by atoms with Crippen molar-refractivity contribution < 1.29 is 5.11 Å². The van der Waals surface area contributed by atoms with Crippen LogP contribution in [-0.4, -0.2) is 60.3 Å². The van der Waals surface area contributed by atoms with Gasteiger partial charge in [0.2, 0.25) is 0 Å². The van der Waals surface area contributed by atoms with Crippen molar-refractivity contribution in [3.05, 3.63) is 0 Å². The van der Waals surface area contributed by atoms with Gasteiger partial charge in [0, 0.05) is 26.2 Å².